The van der Waals surface area contributed by atoms with E-state index in [-0.39, 0.29) is 28.8 Å². The van der Waals surface area contributed by atoms with Gasteiger partial charge in [0.15, 0.2) is 6.61 Å². The second-order valence-electron chi connectivity index (χ2n) is 7.20. The van der Waals surface area contributed by atoms with Crippen molar-refractivity contribution < 1.29 is 32.3 Å². The first kappa shape index (κ1) is 22.3. The molecule has 1 saturated carbocycles. The van der Waals surface area contributed by atoms with E-state index in [1.165, 1.54) is 6.07 Å². The maximum absolute atomic E-state index is 12.8. The zero-order valence-electron chi connectivity index (χ0n) is 16.5. The lowest BCUT2D eigenvalue weighted by Crippen LogP contribution is -2.33. The first-order chi connectivity index (χ1) is 14.7. The van der Waals surface area contributed by atoms with Crippen LogP contribution in [0.15, 0.2) is 48.5 Å². The Bertz CT molecular complexity index is 969. The van der Waals surface area contributed by atoms with E-state index >= 15 is 0 Å². The fourth-order valence-corrected chi connectivity index (χ4v) is 3.35. The Hall–Kier alpha value is -3.36. The van der Waals surface area contributed by atoms with Crippen molar-refractivity contribution in [3.63, 3.8) is 0 Å². The van der Waals surface area contributed by atoms with Crippen LogP contribution in [0.3, 0.4) is 0 Å². The third-order valence-electron chi connectivity index (χ3n) is 4.90. The average Bonchev–Trinajstić information content (AvgIpc) is 3.25. The number of para-hydroxylation sites is 1. The number of hydrogen-bond acceptors (Lipinski definition) is 4. The van der Waals surface area contributed by atoms with Crippen molar-refractivity contribution in [2.75, 3.05) is 11.9 Å². The lowest BCUT2D eigenvalue weighted by Gasteiger charge is -2.15. The fraction of sp³-hybridized carbons (Fsp3) is 0.318. The molecule has 0 heterocycles. The van der Waals surface area contributed by atoms with Crippen LogP contribution in [0.25, 0.3) is 0 Å². The van der Waals surface area contributed by atoms with Gasteiger partial charge in [-0.05, 0) is 43.2 Å². The quantitative estimate of drug-likeness (QED) is 0.669. The summed E-state index contributed by atoms with van der Waals surface area (Å²) in [5.41, 5.74) is -0.794. The number of halogens is 3. The molecule has 0 bridgehead atoms. The normalized spacial score (nSPS) is 14.2. The first-order valence-electron chi connectivity index (χ1n) is 9.78. The number of anilines is 1. The van der Waals surface area contributed by atoms with Gasteiger partial charge >= 0.3 is 12.1 Å². The van der Waals surface area contributed by atoms with Crippen LogP contribution in [0.4, 0.5) is 18.9 Å². The largest absolute Gasteiger partial charge is 0.452 e. The van der Waals surface area contributed by atoms with Gasteiger partial charge in [0.1, 0.15) is 0 Å². The molecule has 1 fully saturated rings. The third kappa shape index (κ3) is 6.07. The van der Waals surface area contributed by atoms with Gasteiger partial charge in [0.2, 0.25) is 0 Å². The predicted octanol–water partition coefficient (Wildman–Crippen LogP) is 4.17. The van der Waals surface area contributed by atoms with E-state index in [4.69, 9.17) is 4.74 Å². The Labute approximate surface area is 176 Å². The van der Waals surface area contributed by atoms with Crippen LogP contribution in [0, 0.1) is 0 Å². The summed E-state index contributed by atoms with van der Waals surface area (Å²) >= 11 is 0. The van der Waals surface area contributed by atoms with Gasteiger partial charge in [-0.15, -0.1) is 0 Å². The van der Waals surface area contributed by atoms with E-state index in [1.54, 1.807) is 18.2 Å². The lowest BCUT2D eigenvalue weighted by molar-refractivity contribution is -0.137. The number of carbonyl (C=O) groups excluding carboxylic acids is 3. The number of rotatable bonds is 6. The molecule has 0 atom stereocenters. The van der Waals surface area contributed by atoms with Crippen LogP contribution in [-0.2, 0) is 15.7 Å². The number of alkyl halides is 3. The van der Waals surface area contributed by atoms with Gasteiger partial charge in [0.05, 0.1) is 22.4 Å². The van der Waals surface area contributed by atoms with Crippen molar-refractivity contribution in [1.29, 1.82) is 0 Å². The second kappa shape index (κ2) is 9.63. The van der Waals surface area contributed by atoms with Gasteiger partial charge in [-0.3, -0.25) is 9.59 Å². The van der Waals surface area contributed by atoms with Crippen LogP contribution in [-0.4, -0.2) is 30.4 Å². The average molecular weight is 434 g/mol. The highest BCUT2D eigenvalue weighted by molar-refractivity contribution is 6.04. The van der Waals surface area contributed by atoms with Crippen molar-refractivity contribution in [2.24, 2.45) is 0 Å². The standard InChI is InChI=1S/C22H21F3N2O4/c23-22(24,25)15-7-5-6-14(12-15)21(30)31-13-19(28)27-18-11-4-3-10-17(18)20(29)26-16-8-1-2-9-16/h3-7,10-12,16H,1-2,8-9,13H2,(H,26,29)(H,27,28). The molecule has 31 heavy (non-hydrogen) atoms. The predicted molar refractivity (Wildman–Crippen MR) is 107 cm³/mol. The molecular formula is C22H21F3N2O4. The molecule has 164 valence electrons. The number of hydrogen-bond donors (Lipinski definition) is 2. The van der Waals surface area contributed by atoms with Crippen molar-refractivity contribution in [3.05, 3.63) is 65.2 Å². The highest BCUT2D eigenvalue weighted by Crippen LogP contribution is 2.29. The molecule has 2 N–H and O–H groups in total. The monoisotopic (exact) mass is 434 g/mol. The summed E-state index contributed by atoms with van der Waals surface area (Å²) < 4.78 is 43.1. The summed E-state index contributed by atoms with van der Waals surface area (Å²) in [6.07, 6.45) is -0.672. The number of ether oxygens (including phenoxy) is 1. The Balaban J connectivity index is 1.59. The molecule has 2 aromatic rings. The molecule has 2 aromatic carbocycles. The summed E-state index contributed by atoms with van der Waals surface area (Å²) in [6.45, 7) is -0.715. The molecule has 0 spiro atoms. The fourth-order valence-electron chi connectivity index (χ4n) is 3.35. The lowest BCUT2D eigenvalue weighted by atomic mass is 10.1. The zero-order chi connectivity index (χ0) is 22.4. The Morgan fingerprint density at radius 2 is 1.71 bits per heavy atom. The zero-order valence-corrected chi connectivity index (χ0v) is 16.5. The molecule has 3 rings (SSSR count). The van der Waals surface area contributed by atoms with E-state index in [1.807, 2.05) is 0 Å². The molecule has 0 saturated heterocycles. The van der Waals surface area contributed by atoms with Crippen molar-refractivity contribution in [3.8, 4) is 0 Å². The van der Waals surface area contributed by atoms with Crippen LogP contribution >= 0.6 is 0 Å². The maximum Gasteiger partial charge on any atom is 0.416 e. The molecular weight excluding hydrogens is 413 g/mol. The summed E-state index contributed by atoms with van der Waals surface area (Å²) in [5.74, 6) is -2.10. The minimum atomic E-state index is -4.60. The van der Waals surface area contributed by atoms with Crippen LogP contribution in [0.1, 0.15) is 52.0 Å². The second-order valence-corrected chi connectivity index (χ2v) is 7.20. The number of carbonyl (C=O) groups is 3. The SMILES string of the molecule is O=C(COC(=O)c1cccc(C(F)(F)F)c1)Nc1ccccc1C(=O)NC1CCCC1. The smallest absolute Gasteiger partial charge is 0.416 e. The minimum absolute atomic E-state index is 0.102. The highest BCUT2D eigenvalue weighted by Gasteiger charge is 2.31. The molecule has 1 aliphatic carbocycles. The minimum Gasteiger partial charge on any atom is -0.452 e. The topological polar surface area (TPSA) is 84.5 Å². The molecule has 9 heteroatoms. The Kier molecular flexibility index (Phi) is 6.94. The Morgan fingerprint density at radius 3 is 2.42 bits per heavy atom. The van der Waals surface area contributed by atoms with Gasteiger partial charge in [-0.25, -0.2) is 4.79 Å². The van der Waals surface area contributed by atoms with E-state index < -0.39 is 30.2 Å². The number of benzene rings is 2. The number of esters is 1. The summed E-state index contributed by atoms with van der Waals surface area (Å²) in [7, 11) is 0. The van der Waals surface area contributed by atoms with Crippen LogP contribution in [0.5, 0.6) is 0 Å². The summed E-state index contributed by atoms with van der Waals surface area (Å²) in [4.78, 5) is 36.7. The molecule has 2 amide bonds. The van der Waals surface area contributed by atoms with Gasteiger partial charge in [-0.2, -0.15) is 13.2 Å². The maximum atomic E-state index is 12.8. The van der Waals surface area contributed by atoms with Gasteiger partial charge in [0, 0.05) is 6.04 Å². The van der Waals surface area contributed by atoms with Crippen molar-refractivity contribution >= 4 is 23.5 Å². The van der Waals surface area contributed by atoms with E-state index in [0.29, 0.717) is 6.07 Å². The highest BCUT2D eigenvalue weighted by atomic mass is 19.4. The molecule has 6 nitrogen and oxygen atoms in total. The van der Waals surface area contributed by atoms with Crippen molar-refractivity contribution in [1.82, 2.24) is 5.32 Å². The molecule has 1 aliphatic rings. The van der Waals surface area contributed by atoms with Gasteiger partial charge in [-0.1, -0.05) is 31.0 Å². The molecule has 0 radical (unpaired) electrons. The summed E-state index contributed by atoms with van der Waals surface area (Å²) in [5, 5.41) is 5.43. The molecule has 0 unspecified atom stereocenters. The van der Waals surface area contributed by atoms with E-state index in [9.17, 15) is 27.6 Å². The Morgan fingerprint density at radius 1 is 1.00 bits per heavy atom. The summed E-state index contributed by atoms with van der Waals surface area (Å²) in [6, 6.07) is 10.2. The van der Waals surface area contributed by atoms with Crippen molar-refractivity contribution in [2.45, 2.75) is 37.9 Å². The van der Waals surface area contributed by atoms with Gasteiger partial charge < -0.3 is 15.4 Å². The van der Waals surface area contributed by atoms with Crippen LogP contribution in [0.2, 0.25) is 0 Å². The van der Waals surface area contributed by atoms with E-state index in [2.05, 4.69) is 10.6 Å². The van der Waals surface area contributed by atoms with Crippen LogP contribution < -0.4 is 10.6 Å². The number of nitrogens with one attached hydrogen (secondary N) is 2. The van der Waals surface area contributed by atoms with Gasteiger partial charge in [0.25, 0.3) is 11.8 Å². The first-order valence-corrected chi connectivity index (χ1v) is 9.78. The molecule has 0 aliphatic heterocycles. The number of amides is 2. The molecule has 0 aromatic heterocycles. The van der Waals surface area contributed by atoms with E-state index in [0.717, 1.165) is 43.9 Å². The third-order valence-corrected chi connectivity index (χ3v) is 4.90.